The van der Waals surface area contributed by atoms with Crippen LogP contribution in [0.25, 0.3) is 5.00 Å². The number of thiophene rings is 1. The monoisotopic (exact) mass is 479 g/mol. The number of aryl methyl sites for hydroxylation is 2. The molecule has 1 N–H and O–H groups in total. The molecule has 3 aromatic rings. The van der Waals surface area contributed by atoms with E-state index in [4.69, 9.17) is 16.6 Å². The molecule has 6 nitrogen and oxygen atoms in total. The van der Waals surface area contributed by atoms with Gasteiger partial charge in [-0.05, 0) is 38.5 Å². The first-order valence-corrected chi connectivity index (χ1v) is 11.2. The minimum absolute atomic E-state index is 0.0625. The van der Waals surface area contributed by atoms with Crippen LogP contribution in [-0.4, -0.2) is 39.4 Å². The number of carbonyl (C=O) groups excluding carboxylic acids is 1. The standard InChI is InChI=1S/C17H15ClN4S.C5H9F2NO/c1-9-10(2)23-17-15(9)16(12-4-6-13(18)7-5-12)19-8-14-21-20-11(3)22(14)17;1-4(9)8-3-2-5(6)7/h4-7H,8H2,1-3H3;5H,2-3H2,1H3,(H,8,9). The average Bonchev–Trinajstić information content (AvgIpc) is 3.17. The number of fused-ring (bicyclic) bond motifs is 3. The van der Waals surface area contributed by atoms with Gasteiger partial charge in [0.1, 0.15) is 17.4 Å². The molecule has 170 valence electrons. The fourth-order valence-corrected chi connectivity index (χ4v) is 4.60. The summed E-state index contributed by atoms with van der Waals surface area (Å²) < 4.78 is 24.8. The van der Waals surface area contributed by atoms with Gasteiger partial charge in [0.25, 0.3) is 0 Å². The Bertz CT molecular complexity index is 1140. The number of alkyl halides is 2. The molecule has 1 aliphatic rings. The maximum absolute atomic E-state index is 11.3. The van der Waals surface area contributed by atoms with Crippen LogP contribution >= 0.6 is 22.9 Å². The molecule has 2 aromatic heterocycles. The van der Waals surface area contributed by atoms with E-state index >= 15 is 0 Å². The van der Waals surface area contributed by atoms with Gasteiger partial charge in [-0.3, -0.25) is 14.4 Å². The fraction of sp³-hybridized carbons (Fsp3) is 0.364. The van der Waals surface area contributed by atoms with Crippen molar-refractivity contribution in [1.82, 2.24) is 20.1 Å². The second-order valence-corrected chi connectivity index (χ2v) is 8.94. The Kier molecular flexibility index (Phi) is 7.73. The van der Waals surface area contributed by atoms with Gasteiger partial charge < -0.3 is 5.32 Å². The molecular weight excluding hydrogens is 456 g/mol. The molecule has 0 bridgehead atoms. The van der Waals surface area contributed by atoms with Crippen molar-refractivity contribution < 1.29 is 13.6 Å². The van der Waals surface area contributed by atoms with Crippen molar-refractivity contribution in [3.63, 3.8) is 0 Å². The fourth-order valence-electron chi connectivity index (χ4n) is 3.25. The van der Waals surface area contributed by atoms with Crippen molar-refractivity contribution >= 4 is 34.6 Å². The average molecular weight is 480 g/mol. The van der Waals surface area contributed by atoms with Crippen molar-refractivity contribution in [2.45, 2.75) is 47.1 Å². The Hall–Kier alpha value is -2.65. The molecule has 0 atom stereocenters. The van der Waals surface area contributed by atoms with Crippen LogP contribution in [0.2, 0.25) is 5.02 Å². The molecule has 0 radical (unpaired) electrons. The third-order valence-corrected chi connectivity index (χ3v) is 6.38. The molecule has 0 saturated heterocycles. The van der Waals surface area contributed by atoms with Crippen LogP contribution in [0.5, 0.6) is 0 Å². The van der Waals surface area contributed by atoms with E-state index in [1.54, 1.807) is 11.3 Å². The zero-order valence-electron chi connectivity index (χ0n) is 18.2. The quantitative estimate of drug-likeness (QED) is 0.570. The SMILES string of the molecule is CC(=O)NCCC(F)F.Cc1sc2c(c1C)C(c1ccc(Cl)cc1)=NCc1nnc(C)n1-2. The maximum atomic E-state index is 11.3. The van der Waals surface area contributed by atoms with Gasteiger partial charge in [-0.25, -0.2) is 8.78 Å². The Morgan fingerprint density at radius 1 is 1.22 bits per heavy atom. The molecule has 4 rings (SSSR count). The summed E-state index contributed by atoms with van der Waals surface area (Å²) >= 11 is 7.80. The number of rotatable bonds is 4. The Morgan fingerprint density at radius 3 is 2.53 bits per heavy atom. The Morgan fingerprint density at radius 2 is 1.91 bits per heavy atom. The summed E-state index contributed by atoms with van der Waals surface area (Å²) in [5.41, 5.74) is 4.52. The van der Waals surface area contributed by atoms with Crippen molar-refractivity contribution in [2.75, 3.05) is 6.54 Å². The second kappa shape index (κ2) is 10.3. The Balaban J connectivity index is 0.000000275. The first-order valence-electron chi connectivity index (χ1n) is 10.0. The first kappa shape index (κ1) is 24.0. The lowest BCUT2D eigenvalue weighted by molar-refractivity contribution is -0.119. The van der Waals surface area contributed by atoms with E-state index in [0.29, 0.717) is 6.54 Å². The topological polar surface area (TPSA) is 72.2 Å². The number of halogens is 3. The van der Waals surface area contributed by atoms with E-state index < -0.39 is 6.43 Å². The smallest absolute Gasteiger partial charge is 0.240 e. The number of amides is 1. The van der Waals surface area contributed by atoms with E-state index in [2.05, 4.69) is 33.9 Å². The van der Waals surface area contributed by atoms with E-state index in [9.17, 15) is 13.6 Å². The van der Waals surface area contributed by atoms with Crippen LogP contribution in [0.15, 0.2) is 29.3 Å². The molecule has 0 aliphatic carbocycles. The van der Waals surface area contributed by atoms with Gasteiger partial charge in [0.2, 0.25) is 12.3 Å². The summed E-state index contributed by atoms with van der Waals surface area (Å²) in [6.07, 6.45) is -2.59. The minimum Gasteiger partial charge on any atom is -0.356 e. The van der Waals surface area contributed by atoms with Crippen LogP contribution in [0.4, 0.5) is 8.78 Å². The van der Waals surface area contributed by atoms with Crippen LogP contribution in [0.1, 0.15) is 46.6 Å². The number of aromatic nitrogens is 3. The molecular formula is C22H24ClF2N5OS. The first-order chi connectivity index (χ1) is 15.2. The summed E-state index contributed by atoms with van der Waals surface area (Å²) in [5.74, 6) is 1.51. The van der Waals surface area contributed by atoms with Gasteiger partial charge in [-0.1, -0.05) is 23.7 Å². The summed E-state index contributed by atoms with van der Waals surface area (Å²) in [6.45, 7) is 8.17. The van der Waals surface area contributed by atoms with Crippen LogP contribution in [0.3, 0.4) is 0 Å². The minimum atomic E-state index is -2.32. The maximum Gasteiger partial charge on any atom is 0.240 e. The van der Waals surface area contributed by atoms with E-state index in [1.807, 2.05) is 31.2 Å². The van der Waals surface area contributed by atoms with Crippen molar-refractivity contribution in [1.29, 1.82) is 0 Å². The number of benzene rings is 1. The van der Waals surface area contributed by atoms with Gasteiger partial charge in [0, 0.05) is 40.9 Å². The number of nitrogens with one attached hydrogen (secondary N) is 1. The molecule has 0 unspecified atom stereocenters. The van der Waals surface area contributed by atoms with Crippen LogP contribution in [-0.2, 0) is 11.3 Å². The molecule has 0 spiro atoms. The van der Waals surface area contributed by atoms with E-state index in [0.717, 1.165) is 32.9 Å². The summed E-state index contributed by atoms with van der Waals surface area (Å²) in [5, 5.41) is 12.7. The lowest BCUT2D eigenvalue weighted by atomic mass is 10.00. The molecule has 10 heteroatoms. The summed E-state index contributed by atoms with van der Waals surface area (Å²) in [7, 11) is 0. The third kappa shape index (κ3) is 5.39. The predicted octanol–water partition coefficient (Wildman–Crippen LogP) is 5.04. The molecule has 1 aliphatic heterocycles. The lowest BCUT2D eigenvalue weighted by Gasteiger charge is -2.09. The molecule has 1 aromatic carbocycles. The van der Waals surface area contributed by atoms with Crippen molar-refractivity contribution in [3.8, 4) is 5.00 Å². The number of nitrogens with zero attached hydrogens (tertiary/aromatic N) is 4. The highest BCUT2D eigenvalue weighted by atomic mass is 35.5. The summed E-state index contributed by atoms with van der Waals surface area (Å²) in [6, 6.07) is 7.86. The van der Waals surface area contributed by atoms with Crippen molar-refractivity contribution in [2.24, 2.45) is 4.99 Å². The molecule has 0 fully saturated rings. The molecule has 3 heterocycles. The second-order valence-electron chi connectivity index (χ2n) is 7.30. The predicted molar refractivity (Wildman–Crippen MR) is 124 cm³/mol. The van der Waals surface area contributed by atoms with Crippen molar-refractivity contribution in [3.05, 3.63) is 62.5 Å². The number of carbonyl (C=O) groups is 1. The van der Waals surface area contributed by atoms with Gasteiger partial charge in [0.15, 0.2) is 5.82 Å². The van der Waals surface area contributed by atoms with Gasteiger partial charge >= 0.3 is 0 Å². The van der Waals surface area contributed by atoms with Crippen LogP contribution in [0, 0.1) is 20.8 Å². The zero-order valence-corrected chi connectivity index (χ0v) is 19.8. The highest BCUT2D eigenvalue weighted by Crippen LogP contribution is 2.36. The van der Waals surface area contributed by atoms with E-state index in [-0.39, 0.29) is 18.9 Å². The Labute approximate surface area is 194 Å². The number of aliphatic imine (C=N–C) groups is 1. The molecule has 1 amide bonds. The van der Waals surface area contributed by atoms with E-state index in [1.165, 1.54) is 22.9 Å². The highest BCUT2D eigenvalue weighted by molar-refractivity contribution is 7.15. The van der Waals surface area contributed by atoms with Gasteiger partial charge in [-0.15, -0.1) is 21.5 Å². The summed E-state index contributed by atoms with van der Waals surface area (Å²) in [4.78, 5) is 16.2. The molecule has 0 saturated carbocycles. The lowest BCUT2D eigenvalue weighted by Crippen LogP contribution is -2.22. The highest BCUT2D eigenvalue weighted by Gasteiger charge is 2.26. The number of hydrogen-bond acceptors (Lipinski definition) is 5. The normalized spacial score (nSPS) is 12.3. The zero-order chi connectivity index (χ0) is 23.4. The third-order valence-electron chi connectivity index (χ3n) is 4.93. The molecule has 32 heavy (non-hydrogen) atoms. The van der Waals surface area contributed by atoms with Gasteiger partial charge in [0.05, 0.1) is 5.71 Å². The van der Waals surface area contributed by atoms with Crippen LogP contribution < -0.4 is 5.32 Å². The largest absolute Gasteiger partial charge is 0.356 e. The van der Waals surface area contributed by atoms with Gasteiger partial charge in [-0.2, -0.15) is 0 Å². The number of hydrogen-bond donors (Lipinski definition) is 1.